The fourth-order valence-electron chi connectivity index (χ4n) is 3.90. The van der Waals surface area contributed by atoms with Crippen molar-refractivity contribution in [2.45, 2.75) is 70.9 Å². The van der Waals surface area contributed by atoms with Crippen LogP contribution < -0.4 is 0 Å². The Kier molecular flexibility index (Phi) is 2.42. The van der Waals surface area contributed by atoms with Gasteiger partial charge in [0.25, 0.3) is 0 Å². The number of piperidine rings is 2. The van der Waals surface area contributed by atoms with E-state index in [4.69, 9.17) is 0 Å². The third kappa shape index (κ3) is 1.32. The molecule has 0 spiro atoms. The van der Waals surface area contributed by atoms with Crippen LogP contribution in [0.3, 0.4) is 0 Å². The van der Waals surface area contributed by atoms with E-state index in [0.717, 1.165) is 6.04 Å². The lowest BCUT2D eigenvalue weighted by Gasteiger charge is -2.59. The standard InChI is InChI=1S/C13H25N/c1-12(2,3)13-9-5-7-11(14(13)4)8-6-10-13/h11H,5-10H2,1-4H3. The average Bonchev–Trinajstić information content (AvgIpc) is 2.00. The molecule has 2 heterocycles. The maximum Gasteiger partial charge on any atom is 0.0257 e. The molecule has 0 atom stereocenters. The zero-order valence-corrected chi connectivity index (χ0v) is 10.3. The molecule has 1 heteroatoms. The van der Waals surface area contributed by atoms with Crippen LogP contribution in [-0.4, -0.2) is 23.5 Å². The summed E-state index contributed by atoms with van der Waals surface area (Å²) in [6, 6.07) is 0.886. The molecular weight excluding hydrogens is 170 g/mol. The van der Waals surface area contributed by atoms with Crippen molar-refractivity contribution in [3.63, 3.8) is 0 Å². The van der Waals surface area contributed by atoms with Crippen LogP contribution in [0, 0.1) is 5.41 Å². The first kappa shape index (κ1) is 10.5. The zero-order chi connectivity index (χ0) is 10.4. The summed E-state index contributed by atoms with van der Waals surface area (Å²) in [5.41, 5.74) is 0.953. The van der Waals surface area contributed by atoms with Crippen molar-refractivity contribution >= 4 is 0 Å². The quantitative estimate of drug-likeness (QED) is 0.572. The van der Waals surface area contributed by atoms with Gasteiger partial charge in [0.05, 0.1) is 0 Å². The Hall–Kier alpha value is -0.0400. The molecule has 2 rings (SSSR count). The molecule has 0 amide bonds. The van der Waals surface area contributed by atoms with Crippen molar-refractivity contribution in [3.8, 4) is 0 Å². The van der Waals surface area contributed by atoms with E-state index >= 15 is 0 Å². The molecule has 0 aromatic rings. The molecular formula is C13H25N. The van der Waals surface area contributed by atoms with Gasteiger partial charge in [-0.05, 0) is 38.1 Å². The minimum absolute atomic E-state index is 0.445. The van der Waals surface area contributed by atoms with E-state index in [0.29, 0.717) is 11.0 Å². The van der Waals surface area contributed by atoms with Crippen LogP contribution in [0.15, 0.2) is 0 Å². The molecule has 0 radical (unpaired) electrons. The average molecular weight is 195 g/mol. The summed E-state index contributed by atoms with van der Waals surface area (Å²) in [6.45, 7) is 7.28. The van der Waals surface area contributed by atoms with E-state index in [-0.39, 0.29) is 0 Å². The fraction of sp³-hybridized carbons (Fsp3) is 1.00. The Morgan fingerprint density at radius 2 is 1.57 bits per heavy atom. The Morgan fingerprint density at radius 3 is 1.93 bits per heavy atom. The van der Waals surface area contributed by atoms with Gasteiger partial charge < -0.3 is 0 Å². The van der Waals surface area contributed by atoms with Crippen LogP contribution in [0.2, 0.25) is 0 Å². The second-order valence-corrected chi connectivity index (χ2v) is 6.33. The van der Waals surface area contributed by atoms with E-state index in [2.05, 4.69) is 32.7 Å². The lowest BCUT2D eigenvalue weighted by Crippen LogP contribution is -2.63. The number of fused-ring (bicyclic) bond motifs is 2. The van der Waals surface area contributed by atoms with E-state index in [9.17, 15) is 0 Å². The maximum absolute atomic E-state index is 2.72. The van der Waals surface area contributed by atoms with Crippen molar-refractivity contribution in [2.24, 2.45) is 5.41 Å². The summed E-state index contributed by atoms with van der Waals surface area (Å²) >= 11 is 0. The molecule has 2 aliphatic rings. The highest BCUT2D eigenvalue weighted by atomic mass is 15.2. The number of hydrogen-bond acceptors (Lipinski definition) is 1. The fourth-order valence-corrected chi connectivity index (χ4v) is 3.90. The van der Waals surface area contributed by atoms with Crippen molar-refractivity contribution in [2.75, 3.05) is 7.05 Å². The summed E-state index contributed by atoms with van der Waals surface area (Å²) in [6.07, 6.45) is 8.62. The molecule has 2 fully saturated rings. The van der Waals surface area contributed by atoms with E-state index in [1.807, 2.05) is 0 Å². The van der Waals surface area contributed by atoms with E-state index in [1.165, 1.54) is 38.5 Å². The molecule has 2 bridgehead atoms. The summed E-state index contributed by atoms with van der Waals surface area (Å²) < 4.78 is 0. The summed E-state index contributed by atoms with van der Waals surface area (Å²) in [7, 11) is 2.37. The van der Waals surface area contributed by atoms with Gasteiger partial charge in [0.1, 0.15) is 0 Å². The Morgan fingerprint density at radius 1 is 1.07 bits per heavy atom. The number of nitrogens with zero attached hydrogens (tertiary/aromatic N) is 1. The SMILES string of the molecule is CN1C2CCCC1(C(C)(C)C)CCC2. The van der Waals surface area contributed by atoms with Gasteiger partial charge in [-0.1, -0.05) is 33.6 Å². The van der Waals surface area contributed by atoms with Gasteiger partial charge in [0.2, 0.25) is 0 Å². The van der Waals surface area contributed by atoms with Gasteiger partial charge in [0.15, 0.2) is 0 Å². The predicted molar refractivity (Wildman–Crippen MR) is 61.4 cm³/mol. The maximum atomic E-state index is 2.72. The molecule has 0 aliphatic carbocycles. The first-order valence-electron chi connectivity index (χ1n) is 6.20. The number of hydrogen-bond donors (Lipinski definition) is 0. The van der Waals surface area contributed by atoms with Crippen molar-refractivity contribution in [3.05, 3.63) is 0 Å². The molecule has 0 aromatic heterocycles. The first-order chi connectivity index (χ1) is 6.47. The minimum atomic E-state index is 0.445. The lowest BCUT2D eigenvalue weighted by molar-refractivity contribution is -0.0856. The van der Waals surface area contributed by atoms with Crippen LogP contribution in [0.4, 0.5) is 0 Å². The lowest BCUT2D eigenvalue weighted by atomic mass is 9.62. The predicted octanol–water partition coefficient (Wildman–Crippen LogP) is 3.44. The Bertz CT molecular complexity index is 204. The van der Waals surface area contributed by atoms with E-state index in [1.54, 1.807) is 0 Å². The smallest absolute Gasteiger partial charge is 0.0257 e. The van der Waals surface area contributed by atoms with Crippen LogP contribution in [0.25, 0.3) is 0 Å². The van der Waals surface area contributed by atoms with Gasteiger partial charge >= 0.3 is 0 Å². The molecule has 2 saturated heterocycles. The van der Waals surface area contributed by atoms with Gasteiger partial charge in [-0.2, -0.15) is 0 Å². The summed E-state index contributed by atoms with van der Waals surface area (Å²) in [4.78, 5) is 2.72. The highest BCUT2D eigenvalue weighted by molar-refractivity contribution is 5.05. The normalized spacial score (nSPS) is 39.9. The molecule has 0 aromatic carbocycles. The van der Waals surface area contributed by atoms with Crippen LogP contribution in [0.1, 0.15) is 59.3 Å². The molecule has 0 N–H and O–H groups in total. The van der Waals surface area contributed by atoms with Gasteiger partial charge in [-0.25, -0.2) is 0 Å². The Labute approximate surface area is 88.9 Å². The van der Waals surface area contributed by atoms with Crippen LogP contribution >= 0.6 is 0 Å². The molecule has 2 aliphatic heterocycles. The van der Waals surface area contributed by atoms with Gasteiger partial charge in [-0.15, -0.1) is 0 Å². The molecule has 0 unspecified atom stereocenters. The highest BCUT2D eigenvalue weighted by Crippen LogP contribution is 2.50. The highest BCUT2D eigenvalue weighted by Gasteiger charge is 2.50. The second-order valence-electron chi connectivity index (χ2n) is 6.33. The van der Waals surface area contributed by atoms with Crippen molar-refractivity contribution in [1.29, 1.82) is 0 Å². The van der Waals surface area contributed by atoms with E-state index < -0.39 is 0 Å². The van der Waals surface area contributed by atoms with Gasteiger partial charge in [0, 0.05) is 11.6 Å². The first-order valence-corrected chi connectivity index (χ1v) is 6.20. The van der Waals surface area contributed by atoms with Crippen molar-refractivity contribution in [1.82, 2.24) is 4.90 Å². The summed E-state index contributed by atoms with van der Waals surface area (Å²) in [5, 5.41) is 0. The van der Waals surface area contributed by atoms with Crippen LogP contribution in [0.5, 0.6) is 0 Å². The number of rotatable bonds is 0. The second kappa shape index (κ2) is 3.23. The Balaban J connectivity index is 2.30. The minimum Gasteiger partial charge on any atom is -0.297 e. The largest absolute Gasteiger partial charge is 0.297 e. The third-order valence-corrected chi connectivity index (χ3v) is 4.87. The van der Waals surface area contributed by atoms with Crippen molar-refractivity contribution < 1.29 is 0 Å². The summed E-state index contributed by atoms with van der Waals surface area (Å²) in [5.74, 6) is 0. The third-order valence-electron chi connectivity index (χ3n) is 4.87. The zero-order valence-electron chi connectivity index (χ0n) is 10.3. The molecule has 14 heavy (non-hydrogen) atoms. The molecule has 1 nitrogen and oxygen atoms in total. The monoisotopic (exact) mass is 195 g/mol. The van der Waals surface area contributed by atoms with Crippen LogP contribution in [-0.2, 0) is 0 Å². The topological polar surface area (TPSA) is 3.24 Å². The molecule has 82 valence electrons. The van der Waals surface area contributed by atoms with Gasteiger partial charge in [-0.3, -0.25) is 4.90 Å². The molecule has 0 saturated carbocycles.